The molecule has 2 aliphatic rings. The lowest BCUT2D eigenvalue weighted by atomic mass is 10.0. The van der Waals surface area contributed by atoms with Gasteiger partial charge in [0.25, 0.3) is 0 Å². The molecule has 0 bridgehead atoms. The van der Waals surface area contributed by atoms with E-state index in [0.717, 1.165) is 5.56 Å². The quantitative estimate of drug-likeness (QED) is 0.859. The molecule has 28 heavy (non-hydrogen) atoms. The van der Waals surface area contributed by atoms with Crippen LogP contribution in [0.5, 0.6) is 11.5 Å². The lowest BCUT2D eigenvalue weighted by Crippen LogP contribution is -2.13. The lowest BCUT2D eigenvalue weighted by Gasteiger charge is -2.14. The van der Waals surface area contributed by atoms with E-state index < -0.39 is 6.10 Å². The van der Waals surface area contributed by atoms with E-state index in [9.17, 15) is 5.11 Å². The van der Waals surface area contributed by atoms with Crippen LogP contribution in [-0.2, 0) is 14.2 Å². The van der Waals surface area contributed by atoms with Crippen LogP contribution in [-0.4, -0.2) is 64.1 Å². The van der Waals surface area contributed by atoms with Crippen LogP contribution in [0, 0.1) is 5.92 Å². The monoisotopic (exact) mass is 388 g/mol. The van der Waals surface area contributed by atoms with Gasteiger partial charge < -0.3 is 28.8 Å². The summed E-state index contributed by atoms with van der Waals surface area (Å²) < 4.78 is 28.0. The molecule has 0 saturated carbocycles. The second-order valence-electron chi connectivity index (χ2n) is 6.44. The normalized spacial score (nSPS) is 20.8. The predicted molar refractivity (Wildman–Crippen MR) is 107 cm³/mol. The van der Waals surface area contributed by atoms with Gasteiger partial charge in [-0.1, -0.05) is 42.5 Å². The van der Waals surface area contributed by atoms with Gasteiger partial charge in [-0.15, -0.1) is 0 Å². The van der Waals surface area contributed by atoms with Crippen molar-refractivity contribution in [3.8, 4) is 11.5 Å². The summed E-state index contributed by atoms with van der Waals surface area (Å²) in [4.78, 5) is 0. The van der Waals surface area contributed by atoms with E-state index in [4.69, 9.17) is 23.7 Å². The van der Waals surface area contributed by atoms with Crippen molar-refractivity contribution in [3.05, 3.63) is 54.1 Å². The highest BCUT2D eigenvalue weighted by molar-refractivity contribution is 5.56. The number of hydrogen-bond donors (Lipinski definition) is 1. The van der Waals surface area contributed by atoms with Gasteiger partial charge in [0.1, 0.15) is 13.2 Å². The number of benzene rings is 1. The van der Waals surface area contributed by atoms with E-state index in [1.54, 1.807) is 6.08 Å². The molecule has 1 aliphatic carbocycles. The zero-order chi connectivity index (χ0) is 19.4. The molecule has 6 nitrogen and oxygen atoms in total. The number of rotatable bonds is 3. The second kappa shape index (κ2) is 11.7. The van der Waals surface area contributed by atoms with Crippen LogP contribution >= 0.6 is 0 Å². The van der Waals surface area contributed by atoms with Crippen molar-refractivity contribution < 1.29 is 28.8 Å². The highest BCUT2D eigenvalue weighted by Crippen LogP contribution is 2.29. The average molecular weight is 388 g/mol. The molecule has 152 valence electrons. The van der Waals surface area contributed by atoms with Crippen molar-refractivity contribution in [1.29, 1.82) is 0 Å². The summed E-state index contributed by atoms with van der Waals surface area (Å²) in [6, 6.07) is 5.71. The molecular formula is C22H28O6. The van der Waals surface area contributed by atoms with Gasteiger partial charge in [-0.25, -0.2) is 0 Å². The van der Waals surface area contributed by atoms with Crippen LogP contribution in [0.25, 0.3) is 6.08 Å². The fraction of sp³-hybridized carbons (Fsp3) is 0.455. The van der Waals surface area contributed by atoms with Crippen LogP contribution < -0.4 is 9.47 Å². The summed E-state index contributed by atoms with van der Waals surface area (Å²) in [6.45, 7) is 3.94. The number of fused-ring (bicyclic) bond motifs is 1. The number of ether oxygens (including phenoxy) is 5. The van der Waals surface area contributed by atoms with E-state index in [-0.39, 0.29) is 5.92 Å². The summed E-state index contributed by atoms with van der Waals surface area (Å²) in [7, 11) is 0. The average Bonchev–Trinajstić information content (AvgIpc) is 3.24. The minimum atomic E-state index is -0.558. The van der Waals surface area contributed by atoms with Crippen molar-refractivity contribution >= 4 is 6.08 Å². The summed E-state index contributed by atoms with van der Waals surface area (Å²) >= 11 is 0. The minimum absolute atomic E-state index is 0.0262. The first-order valence-electron chi connectivity index (χ1n) is 9.67. The summed E-state index contributed by atoms with van der Waals surface area (Å²) in [5.74, 6) is 1.33. The highest BCUT2D eigenvalue weighted by Gasteiger charge is 2.12. The molecule has 1 aromatic rings. The van der Waals surface area contributed by atoms with Crippen molar-refractivity contribution in [2.45, 2.75) is 6.10 Å². The fourth-order valence-electron chi connectivity index (χ4n) is 2.84. The molecule has 0 fully saturated rings. The number of allylic oxidation sites excluding steroid dienone is 2. The summed E-state index contributed by atoms with van der Waals surface area (Å²) in [5, 5.41) is 10.2. The van der Waals surface area contributed by atoms with Gasteiger partial charge in [0, 0.05) is 5.92 Å². The van der Waals surface area contributed by atoms with Crippen molar-refractivity contribution in [2.24, 2.45) is 5.92 Å². The Kier molecular flexibility index (Phi) is 8.58. The summed E-state index contributed by atoms with van der Waals surface area (Å²) in [6.07, 6.45) is 11.0. The molecule has 0 saturated heterocycles. The molecule has 1 unspecified atom stereocenters. The van der Waals surface area contributed by atoms with Gasteiger partial charge in [-0.05, 0) is 17.7 Å². The van der Waals surface area contributed by atoms with Gasteiger partial charge in [-0.2, -0.15) is 0 Å². The van der Waals surface area contributed by atoms with Gasteiger partial charge in [0.05, 0.1) is 45.7 Å². The van der Waals surface area contributed by atoms with E-state index in [0.29, 0.717) is 64.4 Å². The first-order chi connectivity index (χ1) is 13.8. The van der Waals surface area contributed by atoms with E-state index in [2.05, 4.69) is 0 Å². The zero-order valence-electron chi connectivity index (χ0n) is 16.0. The zero-order valence-corrected chi connectivity index (χ0v) is 16.0. The third-order valence-electron chi connectivity index (χ3n) is 4.34. The Hall–Kier alpha value is -2.12. The molecule has 1 N–H and O–H groups in total. The minimum Gasteiger partial charge on any atom is -0.487 e. The molecule has 6 heteroatoms. The Morgan fingerprint density at radius 2 is 1.36 bits per heavy atom. The Balaban J connectivity index is 1.63. The van der Waals surface area contributed by atoms with E-state index in [1.807, 2.05) is 48.6 Å². The Morgan fingerprint density at radius 3 is 2.00 bits per heavy atom. The number of hydrogen-bond acceptors (Lipinski definition) is 6. The third-order valence-corrected chi connectivity index (χ3v) is 4.34. The Bertz CT molecular complexity index is 670. The maximum atomic E-state index is 10.2. The van der Waals surface area contributed by atoms with Gasteiger partial charge in [-0.3, -0.25) is 0 Å². The summed E-state index contributed by atoms with van der Waals surface area (Å²) in [5.41, 5.74) is 0.927. The van der Waals surface area contributed by atoms with E-state index >= 15 is 0 Å². The topological polar surface area (TPSA) is 66.4 Å². The second-order valence-corrected chi connectivity index (χ2v) is 6.44. The largest absolute Gasteiger partial charge is 0.487 e. The molecule has 0 amide bonds. The molecule has 1 atom stereocenters. The first-order valence-corrected chi connectivity index (χ1v) is 9.67. The number of aliphatic hydroxyl groups excluding tert-OH is 1. The van der Waals surface area contributed by atoms with Crippen LogP contribution in [0.3, 0.4) is 0 Å². The first kappa shape index (κ1) is 20.6. The molecule has 0 radical (unpaired) electrons. The van der Waals surface area contributed by atoms with Crippen molar-refractivity contribution in [1.82, 2.24) is 0 Å². The van der Waals surface area contributed by atoms with Crippen LogP contribution in [0.1, 0.15) is 5.56 Å². The Labute approximate surface area is 166 Å². The highest BCUT2D eigenvalue weighted by atomic mass is 16.6. The maximum Gasteiger partial charge on any atom is 0.161 e. The molecular weight excluding hydrogens is 360 g/mol. The molecule has 1 heterocycles. The van der Waals surface area contributed by atoms with E-state index in [1.165, 1.54) is 0 Å². The Morgan fingerprint density at radius 1 is 0.786 bits per heavy atom. The van der Waals surface area contributed by atoms with Crippen LogP contribution in [0.15, 0.2) is 48.6 Å². The molecule has 0 spiro atoms. The van der Waals surface area contributed by atoms with Crippen LogP contribution in [0.4, 0.5) is 0 Å². The van der Waals surface area contributed by atoms with Gasteiger partial charge in [0.2, 0.25) is 0 Å². The third kappa shape index (κ3) is 6.80. The molecule has 0 aromatic heterocycles. The standard InChI is InChI=1S/C22H28O6/c23-20(19-3-1-2-4-19)7-5-18-6-8-21-22(17-18)28-16-14-26-12-10-24-9-11-25-13-15-27-21/h1-8,17,19-20,23H,9-16H2. The van der Waals surface area contributed by atoms with Gasteiger partial charge in [0.15, 0.2) is 11.5 Å². The molecule has 3 rings (SSSR count). The fourth-order valence-corrected chi connectivity index (χ4v) is 2.84. The molecule has 1 aliphatic heterocycles. The number of aliphatic hydroxyl groups is 1. The van der Waals surface area contributed by atoms with Crippen LogP contribution in [0.2, 0.25) is 0 Å². The lowest BCUT2D eigenvalue weighted by molar-refractivity contribution is 0.00708. The van der Waals surface area contributed by atoms with Gasteiger partial charge >= 0.3 is 0 Å². The maximum absolute atomic E-state index is 10.2. The van der Waals surface area contributed by atoms with Crippen molar-refractivity contribution in [2.75, 3.05) is 52.9 Å². The SMILES string of the molecule is OC(C=Cc1ccc2c(c1)OCCOCCOCCOCCO2)C1C=CC=C1. The smallest absolute Gasteiger partial charge is 0.161 e. The predicted octanol–water partition coefficient (Wildman–Crippen LogP) is 2.62. The molecule has 1 aromatic carbocycles. The van der Waals surface area contributed by atoms with Crippen molar-refractivity contribution in [3.63, 3.8) is 0 Å².